The maximum atomic E-state index is 14.2. The fourth-order valence-corrected chi connectivity index (χ4v) is 11.2. The van der Waals surface area contributed by atoms with Gasteiger partial charge in [-0.05, 0) is 116 Å². The van der Waals surface area contributed by atoms with E-state index >= 15 is 0 Å². The number of hydrogen-bond donors (Lipinski definition) is 4. The first-order valence-electron chi connectivity index (χ1n) is 26.3. The van der Waals surface area contributed by atoms with Gasteiger partial charge in [0.25, 0.3) is 11.8 Å². The molecule has 80 heavy (non-hydrogen) atoms. The van der Waals surface area contributed by atoms with Crippen molar-refractivity contribution in [2.24, 2.45) is 20.5 Å². The Morgan fingerprint density at radius 1 is 0.487 bits per heavy atom. The van der Waals surface area contributed by atoms with Gasteiger partial charge in [-0.2, -0.15) is 0 Å². The quantitative estimate of drug-likeness (QED) is 0.0667. The number of benzene rings is 10. The predicted octanol–water partition coefficient (Wildman–Crippen LogP) is 18.9. The number of phenols is 2. The highest BCUT2D eigenvalue weighted by Crippen LogP contribution is 2.57. The Bertz CT molecular complexity index is 4210. The number of rotatable bonds is 13. The molecule has 1 heterocycles. The topological polar surface area (TPSA) is 151 Å². The van der Waals surface area contributed by atoms with Crippen LogP contribution in [-0.4, -0.2) is 28.6 Å². The molecule has 12 heteroatoms. The Balaban J connectivity index is 1.12. The highest BCUT2D eigenvalue weighted by atomic mass is 32.2. The van der Waals surface area contributed by atoms with Gasteiger partial charge < -0.3 is 25.7 Å². The summed E-state index contributed by atoms with van der Waals surface area (Å²) in [6.07, 6.45) is 8.13. The maximum absolute atomic E-state index is 14.2. The van der Waals surface area contributed by atoms with Gasteiger partial charge in [-0.1, -0.05) is 187 Å². The van der Waals surface area contributed by atoms with E-state index in [9.17, 15) is 19.8 Å². The molecule has 0 fully saturated rings. The molecule has 10 aromatic carbocycles. The Morgan fingerprint density at radius 2 is 0.963 bits per heavy atom. The molecule has 0 spiro atoms. The van der Waals surface area contributed by atoms with Gasteiger partial charge in [-0.15, -0.1) is 20.5 Å². The first kappa shape index (κ1) is 52.2. The highest BCUT2D eigenvalue weighted by molar-refractivity contribution is 7.99. The van der Waals surface area contributed by atoms with Gasteiger partial charge in [0.1, 0.15) is 22.7 Å². The molecular formula is C68H55N7O4S. The summed E-state index contributed by atoms with van der Waals surface area (Å²) in [7, 11) is 0. The SMILES string of the molecule is CCN1c2ccc(C=Cc3ccccc3)cc2Sc2cc(C=Cc3ccccc3)c(N=Nc3c(O)c(C(=O)Nc4ccc(C)cc4C)cc4ccccc34)c(N=Nc3c(O)c(C(=O)Nc4ccc(C)cc4C)cc4ccccc34)c21. The molecule has 10 aromatic rings. The van der Waals surface area contributed by atoms with Crippen LogP contribution in [0.4, 0.5) is 45.5 Å². The van der Waals surface area contributed by atoms with E-state index in [0.717, 1.165) is 54.4 Å². The van der Waals surface area contributed by atoms with Gasteiger partial charge in [-0.3, -0.25) is 9.59 Å². The average molecular weight is 1070 g/mol. The second-order valence-electron chi connectivity index (χ2n) is 19.7. The number of azo groups is 2. The standard InChI is InChI=1S/C68H55N7O4S/c1-6-75-57-34-30-47(28-27-45-17-9-7-10-18-45)37-58(57)80-59-40-50(31-29-46-19-11-8-12-20-46)60(71-72-61-51-23-15-13-21-48(51)38-53(65(61)76)67(78)69-55-32-25-41(2)35-43(55)4)63(64(59)75)74-73-62-52-24-16-14-22-49(52)39-54(66(62)77)68(79)70-56-33-26-42(3)36-44(56)5/h7-40,76-77H,6H2,1-5H3,(H,69,78)(H,70,79). The molecule has 11 nitrogen and oxygen atoms in total. The van der Waals surface area contributed by atoms with E-state index < -0.39 is 11.8 Å². The van der Waals surface area contributed by atoms with Crippen molar-refractivity contribution in [2.75, 3.05) is 22.1 Å². The fraction of sp³-hybridized carbons (Fsp3) is 0.0882. The van der Waals surface area contributed by atoms with Crippen LogP contribution < -0.4 is 15.5 Å². The first-order valence-corrected chi connectivity index (χ1v) is 27.1. The van der Waals surface area contributed by atoms with Crippen molar-refractivity contribution in [2.45, 2.75) is 44.4 Å². The van der Waals surface area contributed by atoms with Crippen molar-refractivity contribution >= 4 is 115 Å². The second-order valence-corrected chi connectivity index (χ2v) is 20.8. The molecule has 0 aromatic heterocycles. The Morgan fingerprint density at radius 3 is 1.49 bits per heavy atom. The van der Waals surface area contributed by atoms with Crippen LogP contribution in [0.3, 0.4) is 0 Å². The molecule has 4 N–H and O–H groups in total. The van der Waals surface area contributed by atoms with Crippen LogP contribution in [0, 0.1) is 27.7 Å². The number of aromatic hydroxyl groups is 2. The third-order valence-corrected chi connectivity index (χ3v) is 15.2. The van der Waals surface area contributed by atoms with E-state index in [1.165, 1.54) is 0 Å². The van der Waals surface area contributed by atoms with Crippen LogP contribution in [0.25, 0.3) is 45.8 Å². The van der Waals surface area contributed by atoms with E-state index in [1.54, 1.807) is 23.9 Å². The molecule has 0 atom stereocenters. The molecule has 0 saturated heterocycles. The number of carbonyl (C=O) groups excluding carboxylic acids is 2. The van der Waals surface area contributed by atoms with Crippen LogP contribution in [-0.2, 0) is 0 Å². The zero-order valence-corrected chi connectivity index (χ0v) is 45.5. The molecule has 0 bridgehead atoms. The van der Waals surface area contributed by atoms with Crippen LogP contribution in [0.15, 0.2) is 212 Å². The molecule has 0 radical (unpaired) electrons. The molecule has 392 valence electrons. The normalized spacial score (nSPS) is 12.3. The summed E-state index contributed by atoms with van der Waals surface area (Å²) in [5.74, 6) is -1.75. The second kappa shape index (κ2) is 22.6. The lowest BCUT2D eigenvalue weighted by Gasteiger charge is -2.33. The lowest BCUT2D eigenvalue weighted by molar-refractivity contribution is 0.101. The highest BCUT2D eigenvalue weighted by Gasteiger charge is 2.30. The molecule has 2 amide bonds. The number of hydrogen-bond acceptors (Lipinski definition) is 10. The van der Waals surface area contributed by atoms with Crippen molar-refractivity contribution in [3.8, 4) is 11.5 Å². The minimum atomic E-state index is -0.517. The number of aryl methyl sites for hydroxylation is 4. The number of amides is 2. The van der Waals surface area contributed by atoms with Crippen LogP contribution >= 0.6 is 11.8 Å². The van der Waals surface area contributed by atoms with Gasteiger partial charge >= 0.3 is 0 Å². The molecule has 0 aliphatic carbocycles. The van der Waals surface area contributed by atoms with E-state index in [4.69, 9.17) is 20.5 Å². The fourth-order valence-electron chi connectivity index (χ4n) is 9.99. The molecular weight excluding hydrogens is 1010 g/mol. The van der Waals surface area contributed by atoms with Crippen molar-refractivity contribution in [1.82, 2.24) is 0 Å². The monoisotopic (exact) mass is 1070 g/mol. The van der Waals surface area contributed by atoms with E-state index in [2.05, 4.69) is 71.0 Å². The molecule has 0 unspecified atom stereocenters. The van der Waals surface area contributed by atoms with Crippen LogP contribution in [0.2, 0.25) is 0 Å². The number of fused-ring (bicyclic) bond motifs is 4. The smallest absolute Gasteiger partial charge is 0.259 e. The van der Waals surface area contributed by atoms with Crippen molar-refractivity contribution in [3.63, 3.8) is 0 Å². The summed E-state index contributed by atoms with van der Waals surface area (Å²) in [6, 6.07) is 58.1. The molecule has 1 aliphatic rings. The summed E-state index contributed by atoms with van der Waals surface area (Å²) in [5.41, 5.74) is 11.1. The minimum Gasteiger partial charge on any atom is -0.505 e. The van der Waals surface area contributed by atoms with Gasteiger partial charge in [0.15, 0.2) is 11.5 Å². The first-order chi connectivity index (χ1) is 38.9. The summed E-state index contributed by atoms with van der Waals surface area (Å²) in [6.45, 7) is 10.4. The molecule has 1 aliphatic heterocycles. The Kier molecular flexibility index (Phi) is 14.7. The lowest BCUT2D eigenvalue weighted by Crippen LogP contribution is -2.20. The largest absolute Gasteiger partial charge is 0.505 e. The molecule has 11 rings (SSSR count). The lowest BCUT2D eigenvalue weighted by atomic mass is 10.0. The number of nitrogens with one attached hydrogen (secondary N) is 2. The zero-order valence-electron chi connectivity index (χ0n) is 44.7. The third-order valence-electron chi connectivity index (χ3n) is 14.1. The average Bonchev–Trinajstić information content (AvgIpc) is 3.55. The van der Waals surface area contributed by atoms with Crippen molar-refractivity contribution in [3.05, 3.63) is 238 Å². The van der Waals surface area contributed by atoms with Crippen molar-refractivity contribution in [1.29, 1.82) is 0 Å². The van der Waals surface area contributed by atoms with Gasteiger partial charge in [0.2, 0.25) is 0 Å². The van der Waals surface area contributed by atoms with E-state index in [-0.39, 0.29) is 39.7 Å². The Hall–Kier alpha value is -9.91. The summed E-state index contributed by atoms with van der Waals surface area (Å²) in [5, 5.41) is 53.0. The predicted molar refractivity (Wildman–Crippen MR) is 328 cm³/mol. The maximum Gasteiger partial charge on any atom is 0.259 e. The van der Waals surface area contributed by atoms with Gasteiger partial charge in [0.05, 0.1) is 22.5 Å². The number of nitrogens with zero attached hydrogens (tertiary/aromatic N) is 5. The Labute approximate surface area is 468 Å². The van der Waals surface area contributed by atoms with Crippen LogP contribution in [0.1, 0.15) is 72.1 Å². The van der Waals surface area contributed by atoms with E-state index in [0.29, 0.717) is 56.4 Å². The van der Waals surface area contributed by atoms with E-state index in [1.807, 2.05) is 173 Å². The number of anilines is 4. The minimum absolute atomic E-state index is 0.0131. The summed E-state index contributed by atoms with van der Waals surface area (Å²) >= 11 is 1.59. The number of carbonyl (C=O) groups is 2. The summed E-state index contributed by atoms with van der Waals surface area (Å²) < 4.78 is 0. The van der Waals surface area contributed by atoms with Crippen LogP contribution in [0.5, 0.6) is 11.5 Å². The number of phenolic OH excluding ortho intramolecular Hbond substituents is 2. The van der Waals surface area contributed by atoms with Crippen molar-refractivity contribution < 1.29 is 19.8 Å². The zero-order chi connectivity index (χ0) is 55.4. The third kappa shape index (κ3) is 10.7. The van der Waals surface area contributed by atoms with Gasteiger partial charge in [-0.25, -0.2) is 0 Å². The summed E-state index contributed by atoms with van der Waals surface area (Å²) in [4.78, 5) is 32.5. The van der Waals surface area contributed by atoms with Gasteiger partial charge in [0, 0.05) is 44.0 Å². The molecule has 0 saturated carbocycles.